The minimum atomic E-state index is -1.78. The van der Waals surface area contributed by atoms with Gasteiger partial charge in [0.05, 0.1) is 29.2 Å². The van der Waals surface area contributed by atoms with Crippen molar-refractivity contribution in [3.8, 4) is 0 Å². The van der Waals surface area contributed by atoms with Crippen LogP contribution in [0.25, 0.3) is 11.0 Å². The number of rotatable bonds is 16. The average molecular weight is 1340 g/mol. The number of hydrogen-bond donors (Lipinski definition) is 6. The maximum atomic E-state index is 15.5. The number of carbonyl (C=O) groups excluding carboxylic acids is 11. The molecule has 3 rings (SSSR count). The molecule has 0 radical (unpaired) electrons. The Balaban J connectivity index is 2.35. The molecule has 27 nitrogen and oxygen atoms in total. The number of carboxylic acids is 1. The average Bonchev–Trinajstić information content (AvgIpc) is 1.77. The molecular formula is C68H113N13O14. The maximum Gasteiger partial charge on any atom is 0.335 e. The number of carboxylic acid groups (broad SMARTS) is 1. The van der Waals surface area contributed by atoms with Crippen LogP contribution < -0.4 is 21.3 Å². The molecule has 0 spiro atoms. The number of benzene rings is 1. The summed E-state index contributed by atoms with van der Waals surface area (Å²) in [5.41, 5.74) is 0.960. The van der Waals surface area contributed by atoms with E-state index in [0.29, 0.717) is 16.9 Å². The standard InChI is InChI=1S/C68H113N13O14/c1-25-45-63(89)74(17)34-53(82)76(19)48(28-35(2)3)60(86)73-54(39(10)11)66(92)77(20)49(29-36(4)5)59(85)69-42(15)58(84)70-43(16)62(88)78(21)50(30-37(6)7)64(90)79(22)51(31-38(8)9)65(91)80(23)55(40(12)13)67(93)81(24)56(61(87)72-45)57(83)41(14)32-52-71-46-27-26-44(68(94)95)33-47(46)75(52)18/h26-27,33,35-43,45,48-51,54-57,83H,25,28-32,34H2,1-24H3,(H,69,85)(H,70,84)(H,72,87)(H,73,86)(H,94,95). The van der Waals surface area contributed by atoms with Gasteiger partial charge < -0.3 is 70.3 Å². The first-order valence-corrected chi connectivity index (χ1v) is 33.4. The van der Waals surface area contributed by atoms with Gasteiger partial charge in [0, 0.05) is 62.8 Å². The van der Waals surface area contributed by atoms with Crippen molar-refractivity contribution in [3.05, 3.63) is 29.6 Å². The van der Waals surface area contributed by atoms with Crippen molar-refractivity contribution in [1.29, 1.82) is 0 Å². The molecule has 0 bridgehead atoms. The maximum absolute atomic E-state index is 15.5. The minimum Gasteiger partial charge on any atom is -0.478 e. The number of aliphatic hydroxyl groups is 1. The van der Waals surface area contributed by atoms with Crippen LogP contribution >= 0.6 is 0 Å². The molecule has 2 heterocycles. The number of aliphatic hydroxyl groups excluding tert-OH is 1. The number of imidazole rings is 1. The molecule has 0 aliphatic carbocycles. The van der Waals surface area contributed by atoms with Crippen molar-refractivity contribution in [1.82, 2.24) is 65.1 Å². The topological polar surface area (TPSA) is 334 Å². The summed E-state index contributed by atoms with van der Waals surface area (Å²) < 4.78 is 1.66. The first kappa shape index (κ1) is 81.5. The summed E-state index contributed by atoms with van der Waals surface area (Å²) in [6.45, 7) is 27.1. The highest BCUT2D eigenvalue weighted by atomic mass is 16.4. The third-order valence-electron chi connectivity index (χ3n) is 18.1. The lowest BCUT2D eigenvalue weighted by Gasteiger charge is -2.41. The summed E-state index contributed by atoms with van der Waals surface area (Å²) in [5.74, 6) is -11.5. The number of aryl methyl sites for hydroxylation is 1. The predicted molar refractivity (Wildman–Crippen MR) is 360 cm³/mol. The first-order chi connectivity index (χ1) is 43.9. The quantitative estimate of drug-likeness (QED) is 0.141. The molecule has 1 aromatic heterocycles. The number of aromatic nitrogens is 2. The molecule has 1 aliphatic rings. The zero-order valence-electron chi connectivity index (χ0n) is 60.9. The summed E-state index contributed by atoms with van der Waals surface area (Å²) >= 11 is 0. The molecule has 12 atom stereocenters. The van der Waals surface area contributed by atoms with Crippen molar-refractivity contribution in [2.75, 3.05) is 55.9 Å². The molecular weight excluding hydrogens is 1220 g/mol. The molecule has 2 aromatic rings. The molecule has 95 heavy (non-hydrogen) atoms. The largest absolute Gasteiger partial charge is 0.478 e. The van der Waals surface area contributed by atoms with Crippen molar-refractivity contribution in [2.45, 2.75) is 216 Å². The Kier molecular flexibility index (Phi) is 30.3. The third-order valence-corrected chi connectivity index (χ3v) is 18.1. The highest BCUT2D eigenvalue weighted by molar-refractivity contribution is 6.00. The van der Waals surface area contributed by atoms with E-state index < -0.39 is 162 Å². The highest BCUT2D eigenvalue weighted by Crippen LogP contribution is 2.27. The lowest BCUT2D eigenvalue weighted by Crippen LogP contribution is -2.63. The van der Waals surface area contributed by atoms with E-state index in [4.69, 9.17) is 4.98 Å². The van der Waals surface area contributed by atoms with E-state index in [9.17, 15) is 48.6 Å². The Morgan fingerprint density at radius 3 is 1.45 bits per heavy atom. The van der Waals surface area contributed by atoms with Crippen molar-refractivity contribution >= 4 is 82.0 Å². The second-order valence-electron chi connectivity index (χ2n) is 28.6. The van der Waals surface area contributed by atoms with Gasteiger partial charge in [-0.15, -0.1) is 0 Å². The van der Waals surface area contributed by atoms with Crippen LogP contribution in [0.1, 0.15) is 159 Å². The minimum absolute atomic E-state index is 0.0117. The molecule has 0 saturated carbocycles. The predicted octanol–water partition coefficient (Wildman–Crippen LogP) is 3.13. The van der Waals surface area contributed by atoms with Gasteiger partial charge in [-0.05, 0) is 106 Å². The Bertz CT molecular complexity index is 3070. The molecule has 12 unspecified atom stereocenters. The fourth-order valence-electron chi connectivity index (χ4n) is 12.2. The van der Waals surface area contributed by atoms with Crippen LogP contribution in [-0.2, 0) is 66.2 Å². The van der Waals surface area contributed by atoms with Gasteiger partial charge in [-0.3, -0.25) is 52.7 Å². The fourth-order valence-corrected chi connectivity index (χ4v) is 12.2. The first-order valence-electron chi connectivity index (χ1n) is 33.4. The highest BCUT2D eigenvalue weighted by Gasteiger charge is 2.46. The van der Waals surface area contributed by atoms with Gasteiger partial charge in [0.25, 0.3) is 0 Å². The molecule has 1 aromatic carbocycles. The van der Waals surface area contributed by atoms with Crippen molar-refractivity contribution in [3.63, 3.8) is 0 Å². The molecule has 1 aliphatic heterocycles. The van der Waals surface area contributed by atoms with E-state index in [0.717, 1.165) is 9.80 Å². The van der Waals surface area contributed by atoms with Crippen LogP contribution in [0.15, 0.2) is 18.2 Å². The van der Waals surface area contributed by atoms with Crippen molar-refractivity contribution < 1.29 is 67.7 Å². The number of likely N-dealkylation sites (N-methyl/N-ethyl adjacent to an activating group) is 7. The molecule has 6 N–H and O–H groups in total. The number of nitrogens with zero attached hydrogens (tertiary/aromatic N) is 9. The van der Waals surface area contributed by atoms with Gasteiger partial charge in [-0.2, -0.15) is 0 Å². The Labute approximate surface area is 562 Å². The van der Waals surface area contributed by atoms with Crippen LogP contribution in [-0.4, -0.2) is 247 Å². The number of amides is 11. The van der Waals surface area contributed by atoms with Crippen LogP contribution in [0.2, 0.25) is 0 Å². The fraction of sp³-hybridized carbons (Fsp3) is 0.721. The van der Waals surface area contributed by atoms with Crippen molar-refractivity contribution in [2.24, 2.45) is 48.5 Å². The third kappa shape index (κ3) is 20.9. The second kappa shape index (κ2) is 35.3. The zero-order chi connectivity index (χ0) is 72.9. The normalized spacial score (nSPS) is 25.3. The number of aromatic carboxylic acids is 1. The lowest BCUT2D eigenvalue weighted by atomic mass is 9.91. The summed E-state index contributed by atoms with van der Waals surface area (Å²) in [6, 6.07) is -8.52. The lowest BCUT2D eigenvalue weighted by molar-refractivity contribution is -0.157. The second-order valence-corrected chi connectivity index (χ2v) is 28.6. The van der Waals surface area contributed by atoms with Crippen LogP contribution in [0.5, 0.6) is 0 Å². The molecule has 1 fully saturated rings. The summed E-state index contributed by atoms with van der Waals surface area (Å²) in [7, 11) is 11.4. The Hall–Kier alpha value is -7.71. The van der Waals surface area contributed by atoms with Gasteiger partial charge in [0.2, 0.25) is 65.0 Å². The molecule has 27 heteroatoms. The number of fused-ring (bicyclic) bond motifs is 1. The Morgan fingerprint density at radius 2 is 0.968 bits per heavy atom. The van der Waals surface area contributed by atoms with Crippen LogP contribution in [0.4, 0.5) is 0 Å². The molecule has 1 saturated heterocycles. The van der Waals surface area contributed by atoms with E-state index in [2.05, 4.69) is 21.3 Å². The van der Waals surface area contributed by atoms with Gasteiger partial charge >= 0.3 is 5.97 Å². The number of nitrogens with one attached hydrogen (secondary N) is 4. The van der Waals surface area contributed by atoms with Gasteiger partial charge in [0.1, 0.15) is 66.2 Å². The van der Waals surface area contributed by atoms with E-state index in [1.807, 2.05) is 55.4 Å². The monoisotopic (exact) mass is 1340 g/mol. The van der Waals surface area contributed by atoms with Crippen LogP contribution in [0, 0.1) is 41.4 Å². The summed E-state index contributed by atoms with van der Waals surface area (Å²) in [5, 5.41) is 33.3. The smallest absolute Gasteiger partial charge is 0.335 e. The van der Waals surface area contributed by atoms with E-state index in [-0.39, 0.29) is 67.8 Å². The Morgan fingerprint density at radius 1 is 0.516 bits per heavy atom. The van der Waals surface area contributed by atoms with E-state index in [1.54, 1.807) is 59.2 Å². The molecule has 11 amide bonds. The van der Waals surface area contributed by atoms with E-state index in [1.165, 1.54) is 99.8 Å². The zero-order valence-corrected chi connectivity index (χ0v) is 60.9. The van der Waals surface area contributed by atoms with E-state index >= 15 is 19.2 Å². The van der Waals surface area contributed by atoms with Crippen LogP contribution in [0.3, 0.4) is 0 Å². The van der Waals surface area contributed by atoms with Gasteiger partial charge in [-0.25, -0.2) is 9.78 Å². The number of carbonyl (C=O) groups is 12. The number of hydrogen-bond acceptors (Lipinski definition) is 14. The van der Waals surface area contributed by atoms with Gasteiger partial charge in [0.15, 0.2) is 0 Å². The van der Waals surface area contributed by atoms with Gasteiger partial charge in [-0.1, -0.05) is 96.9 Å². The summed E-state index contributed by atoms with van der Waals surface area (Å²) in [4.78, 5) is 187. The SMILES string of the molecule is CCC1NC(=O)C(C(O)C(C)Cc2nc3ccc(C(=O)O)cc3n2C)N(C)C(=O)C(C(C)C)N(C)C(=O)C(CC(C)C)N(C)C(=O)C(CC(C)C)N(C)C(=O)C(C)NC(=O)C(C)NC(=O)C(CC(C)C)N(C)C(=O)C(C(C)C)NC(=O)C(CC(C)C)N(C)C(=O)CN(C)C1=O. The molecule has 534 valence electrons. The summed E-state index contributed by atoms with van der Waals surface area (Å²) in [6.07, 6.45) is -1.29.